The molecule has 180 valence electrons. The second-order valence-corrected chi connectivity index (χ2v) is 8.76. The van der Waals surface area contributed by atoms with Gasteiger partial charge in [-0.05, 0) is 56.8 Å². The molecule has 0 bridgehead atoms. The number of hydrogen-bond donors (Lipinski definition) is 1. The maximum atomic E-state index is 14.2. The lowest BCUT2D eigenvalue weighted by molar-refractivity contribution is 0.0934. The lowest BCUT2D eigenvalue weighted by Gasteiger charge is -2.37. The van der Waals surface area contributed by atoms with Crippen molar-refractivity contribution >= 4 is 23.2 Å². The first-order chi connectivity index (χ1) is 16.3. The number of piperazine rings is 1. The Hall–Kier alpha value is -3.04. The van der Waals surface area contributed by atoms with E-state index in [-0.39, 0.29) is 16.5 Å². The summed E-state index contributed by atoms with van der Waals surface area (Å²) in [7, 11) is 0. The number of benzene rings is 2. The molecule has 1 aliphatic heterocycles. The van der Waals surface area contributed by atoms with Gasteiger partial charge in [-0.15, -0.1) is 5.10 Å². The van der Waals surface area contributed by atoms with Crippen LogP contribution in [0.25, 0.3) is 5.69 Å². The first-order valence-corrected chi connectivity index (χ1v) is 11.6. The molecule has 1 unspecified atom stereocenters. The highest BCUT2D eigenvalue weighted by molar-refractivity contribution is 6.30. The van der Waals surface area contributed by atoms with E-state index in [0.717, 1.165) is 38.4 Å². The Morgan fingerprint density at radius 1 is 1.15 bits per heavy atom. The lowest BCUT2D eigenvalue weighted by atomic mass is 10.0. The summed E-state index contributed by atoms with van der Waals surface area (Å²) in [5.74, 6) is -1.34. The third kappa shape index (κ3) is 4.90. The summed E-state index contributed by atoms with van der Waals surface area (Å²) in [5.41, 5.74) is 2.70. The number of rotatable bonds is 6. The van der Waals surface area contributed by atoms with Crippen LogP contribution in [0.5, 0.6) is 0 Å². The van der Waals surface area contributed by atoms with Crippen molar-refractivity contribution in [1.82, 2.24) is 25.2 Å². The average Bonchev–Trinajstić information content (AvgIpc) is 3.22. The summed E-state index contributed by atoms with van der Waals surface area (Å²) < 4.78 is 29.1. The van der Waals surface area contributed by atoms with Crippen LogP contribution in [0.2, 0.25) is 5.02 Å². The number of nitrogens with zero attached hydrogens (tertiary/aromatic N) is 5. The van der Waals surface area contributed by atoms with E-state index in [1.807, 2.05) is 6.92 Å². The molecule has 1 fully saturated rings. The van der Waals surface area contributed by atoms with E-state index in [0.29, 0.717) is 16.9 Å². The normalized spacial score (nSPS) is 15.4. The van der Waals surface area contributed by atoms with Crippen LogP contribution in [-0.4, -0.2) is 58.5 Å². The fourth-order valence-electron chi connectivity index (χ4n) is 4.21. The van der Waals surface area contributed by atoms with Crippen LogP contribution < -0.4 is 10.2 Å². The Morgan fingerprint density at radius 3 is 2.56 bits per heavy atom. The molecule has 0 spiro atoms. The molecule has 1 aliphatic rings. The van der Waals surface area contributed by atoms with Crippen LogP contribution in [-0.2, 0) is 0 Å². The van der Waals surface area contributed by atoms with E-state index < -0.39 is 17.8 Å². The second-order valence-electron chi connectivity index (χ2n) is 8.35. The first-order valence-electron chi connectivity index (χ1n) is 11.2. The zero-order chi connectivity index (χ0) is 24.4. The van der Waals surface area contributed by atoms with E-state index in [9.17, 15) is 13.6 Å². The van der Waals surface area contributed by atoms with E-state index in [1.165, 1.54) is 35.0 Å². The molecule has 1 N–H and O–H groups in total. The van der Waals surface area contributed by atoms with Gasteiger partial charge in [0.1, 0.15) is 11.6 Å². The molecule has 1 amide bonds. The van der Waals surface area contributed by atoms with Crippen LogP contribution in [0, 0.1) is 18.6 Å². The van der Waals surface area contributed by atoms with Gasteiger partial charge in [-0.3, -0.25) is 4.79 Å². The fraction of sp³-hybridized carbons (Fsp3) is 0.375. The Labute approximate surface area is 202 Å². The molecular formula is C24H27ClF2N6O. The lowest BCUT2D eigenvalue weighted by Crippen LogP contribution is -2.46. The number of halogens is 3. The van der Waals surface area contributed by atoms with Crippen molar-refractivity contribution in [2.75, 3.05) is 37.6 Å². The van der Waals surface area contributed by atoms with Crippen molar-refractivity contribution in [3.05, 3.63) is 70.0 Å². The first kappa shape index (κ1) is 24.1. The predicted octanol–water partition coefficient (Wildman–Crippen LogP) is 4.14. The highest BCUT2D eigenvalue weighted by Crippen LogP contribution is 2.29. The number of aromatic nitrogens is 3. The van der Waals surface area contributed by atoms with Crippen LogP contribution in [0.1, 0.15) is 41.6 Å². The molecule has 0 saturated carbocycles. The van der Waals surface area contributed by atoms with Gasteiger partial charge in [0.05, 0.1) is 22.4 Å². The van der Waals surface area contributed by atoms with E-state index in [4.69, 9.17) is 11.6 Å². The summed E-state index contributed by atoms with van der Waals surface area (Å²) in [6.07, 6.45) is 0. The molecule has 2 aromatic carbocycles. The molecule has 0 aliphatic carbocycles. The maximum absolute atomic E-state index is 14.2. The number of amides is 1. The zero-order valence-electron chi connectivity index (χ0n) is 19.4. The minimum atomic E-state index is -0.544. The molecule has 3 aromatic rings. The van der Waals surface area contributed by atoms with Crippen molar-refractivity contribution in [1.29, 1.82) is 0 Å². The van der Waals surface area contributed by atoms with Gasteiger partial charge in [0.2, 0.25) is 0 Å². The van der Waals surface area contributed by atoms with Crippen molar-refractivity contribution < 1.29 is 13.6 Å². The molecule has 1 atom stereocenters. The smallest absolute Gasteiger partial charge is 0.274 e. The number of nitrogens with one attached hydrogen (secondary N) is 1. The van der Waals surface area contributed by atoms with Gasteiger partial charge >= 0.3 is 0 Å². The van der Waals surface area contributed by atoms with Crippen LogP contribution in [0.3, 0.4) is 0 Å². The van der Waals surface area contributed by atoms with E-state index in [2.05, 4.69) is 32.4 Å². The minimum Gasteiger partial charge on any atom is -0.369 e. The van der Waals surface area contributed by atoms with Crippen molar-refractivity contribution in [2.45, 2.75) is 26.8 Å². The van der Waals surface area contributed by atoms with Gasteiger partial charge in [-0.2, -0.15) is 0 Å². The Bertz CT molecular complexity index is 1190. The average molecular weight is 489 g/mol. The van der Waals surface area contributed by atoms with Crippen LogP contribution in [0.4, 0.5) is 14.5 Å². The largest absolute Gasteiger partial charge is 0.369 e. The van der Waals surface area contributed by atoms with Gasteiger partial charge in [0, 0.05) is 37.4 Å². The molecule has 7 nitrogen and oxygen atoms in total. The molecular weight excluding hydrogens is 462 g/mol. The Morgan fingerprint density at radius 2 is 1.88 bits per heavy atom. The number of likely N-dealkylation sites (N-methyl/N-ethyl adjacent to an activating group) is 1. The van der Waals surface area contributed by atoms with Crippen molar-refractivity contribution in [3.63, 3.8) is 0 Å². The maximum Gasteiger partial charge on any atom is 0.274 e. The molecule has 2 heterocycles. The summed E-state index contributed by atoms with van der Waals surface area (Å²) >= 11 is 5.88. The van der Waals surface area contributed by atoms with Gasteiger partial charge in [-0.1, -0.05) is 23.7 Å². The monoisotopic (exact) mass is 488 g/mol. The quantitative estimate of drug-likeness (QED) is 0.565. The number of carbonyl (C=O) groups is 1. The minimum absolute atomic E-state index is 0.0505. The summed E-state index contributed by atoms with van der Waals surface area (Å²) in [6, 6.07) is 8.37. The van der Waals surface area contributed by atoms with E-state index >= 15 is 0 Å². The molecule has 1 aromatic heterocycles. The van der Waals surface area contributed by atoms with Gasteiger partial charge in [0.15, 0.2) is 5.69 Å². The van der Waals surface area contributed by atoms with Gasteiger partial charge in [0.25, 0.3) is 5.91 Å². The zero-order valence-corrected chi connectivity index (χ0v) is 20.1. The predicted molar refractivity (Wildman–Crippen MR) is 128 cm³/mol. The molecule has 34 heavy (non-hydrogen) atoms. The molecule has 1 saturated heterocycles. The summed E-state index contributed by atoms with van der Waals surface area (Å²) in [6.45, 7) is 10.2. The topological polar surface area (TPSA) is 66.3 Å². The fourth-order valence-corrected chi connectivity index (χ4v) is 4.38. The van der Waals surface area contributed by atoms with E-state index in [1.54, 1.807) is 13.0 Å². The Balaban J connectivity index is 1.54. The highest BCUT2D eigenvalue weighted by Gasteiger charge is 2.24. The summed E-state index contributed by atoms with van der Waals surface area (Å²) in [4.78, 5) is 17.6. The van der Waals surface area contributed by atoms with Crippen LogP contribution in [0.15, 0.2) is 36.4 Å². The molecule has 0 radical (unpaired) electrons. The number of anilines is 1. The van der Waals surface area contributed by atoms with Gasteiger partial charge in [-0.25, -0.2) is 13.5 Å². The second kappa shape index (κ2) is 10.1. The SMILES string of the molecule is CCN1CCN(c2ccc(F)cc2C(C)NC(=O)c2nnn(-c3ccc(F)c(Cl)c3)c2C)CC1. The molecule has 10 heteroatoms. The number of hydrogen-bond acceptors (Lipinski definition) is 5. The standard InChI is InChI=1S/C24H27ClF2N6O/c1-4-31-9-11-32(12-10-31)22-8-5-17(26)13-19(22)15(2)28-24(34)23-16(3)33(30-29-23)18-6-7-21(27)20(25)14-18/h5-8,13-15H,4,9-12H2,1-3H3,(H,28,34). The Kier molecular flexibility index (Phi) is 7.13. The number of carbonyl (C=O) groups excluding carboxylic acids is 1. The third-order valence-corrected chi connectivity index (χ3v) is 6.51. The summed E-state index contributed by atoms with van der Waals surface area (Å²) in [5, 5.41) is 10.9. The van der Waals surface area contributed by atoms with Crippen LogP contribution >= 0.6 is 11.6 Å². The molecule has 4 rings (SSSR count). The highest BCUT2D eigenvalue weighted by atomic mass is 35.5. The van der Waals surface area contributed by atoms with Crippen molar-refractivity contribution in [3.8, 4) is 5.69 Å². The third-order valence-electron chi connectivity index (χ3n) is 6.22. The van der Waals surface area contributed by atoms with Gasteiger partial charge < -0.3 is 15.1 Å². The van der Waals surface area contributed by atoms with Crippen molar-refractivity contribution in [2.24, 2.45) is 0 Å².